The number of hydrogen-bond donors (Lipinski definition) is 1. The van der Waals surface area contributed by atoms with Crippen molar-refractivity contribution < 1.29 is 9.18 Å². The highest BCUT2D eigenvalue weighted by Crippen LogP contribution is 2.21. The quantitative estimate of drug-likeness (QED) is 0.927. The Hall–Kier alpha value is -2.47. The molecular weight excluding hydrogens is 319 g/mol. The number of aromatic nitrogens is 1. The van der Waals surface area contributed by atoms with Crippen LogP contribution in [-0.2, 0) is 0 Å². The number of pyridine rings is 1. The van der Waals surface area contributed by atoms with E-state index in [4.69, 9.17) is 0 Å². The van der Waals surface area contributed by atoms with Gasteiger partial charge in [0, 0.05) is 44.1 Å². The molecule has 132 valence electrons. The zero-order valence-corrected chi connectivity index (χ0v) is 14.6. The summed E-state index contributed by atoms with van der Waals surface area (Å²) in [6.07, 6.45) is 1.62. The molecule has 0 saturated carbocycles. The largest absolute Gasteiger partial charge is 0.339 e. The van der Waals surface area contributed by atoms with Gasteiger partial charge in [0.05, 0.1) is 5.56 Å². The molecule has 0 unspecified atom stereocenters. The lowest BCUT2D eigenvalue weighted by Crippen LogP contribution is -2.50. The Morgan fingerprint density at radius 3 is 2.60 bits per heavy atom. The first-order valence-corrected chi connectivity index (χ1v) is 8.55. The van der Waals surface area contributed by atoms with Gasteiger partial charge >= 0.3 is 0 Å². The van der Waals surface area contributed by atoms with Gasteiger partial charge in [0.25, 0.3) is 5.91 Å². The van der Waals surface area contributed by atoms with Gasteiger partial charge < -0.3 is 10.2 Å². The summed E-state index contributed by atoms with van der Waals surface area (Å²) < 4.78 is 13.4. The van der Waals surface area contributed by atoms with Crippen LogP contribution in [0.4, 0.5) is 15.9 Å². The molecule has 25 heavy (non-hydrogen) atoms. The first-order valence-electron chi connectivity index (χ1n) is 8.55. The summed E-state index contributed by atoms with van der Waals surface area (Å²) in [5, 5.41) is 3.05. The summed E-state index contributed by atoms with van der Waals surface area (Å²) in [5.74, 6) is 0.0680. The van der Waals surface area contributed by atoms with Crippen molar-refractivity contribution in [1.29, 1.82) is 0 Å². The number of anilines is 2. The number of halogens is 1. The van der Waals surface area contributed by atoms with Crippen LogP contribution in [0.5, 0.6) is 0 Å². The smallest absolute Gasteiger partial charge is 0.257 e. The minimum atomic E-state index is -0.335. The van der Waals surface area contributed by atoms with Crippen LogP contribution in [0.1, 0.15) is 24.2 Å². The summed E-state index contributed by atoms with van der Waals surface area (Å²) in [5.41, 5.74) is 1.07. The van der Waals surface area contributed by atoms with E-state index in [0.717, 1.165) is 13.1 Å². The minimum Gasteiger partial charge on any atom is -0.339 e. The van der Waals surface area contributed by atoms with E-state index in [1.54, 1.807) is 30.5 Å². The number of nitrogens with zero attached hydrogens (tertiary/aromatic N) is 3. The Balaban J connectivity index is 1.75. The maximum atomic E-state index is 13.4. The van der Waals surface area contributed by atoms with Crippen LogP contribution in [0.3, 0.4) is 0 Å². The van der Waals surface area contributed by atoms with Crippen molar-refractivity contribution in [1.82, 2.24) is 14.8 Å². The molecule has 1 amide bonds. The van der Waals surface area contributed by atoms with E-state index in [-0.39, 0.29) is 11.7 Å². The molecule has 3 rings (SSSR count). The Morgan fingerprint density at radius 2 is 1.92 bits per heavy atom. The van der Waals surface area contributed by atoms with Crippen LogP contribution < -0.4 is 5.32 Å². The predicted molar refractivity (Wildman–Crippen MR) is 96.5 cm³/mol. The third-order valence-electron chi connectivity index (χ3n) is 4.46. The molecular formula is C19H23FN4O. The normalized spacial score (nSPS) is 15.4. The van der Waals surface area contributed by atoms with Crippen molar-refractivity contribution in [2.75, 3.05) is 31.5 Å². The zero-order chi connectivity index (χ0) is 17.8. The number of carbonyl (C=O) groups excluding carboxylic acids is 1. The van der Waals surface area contributed by atoms with Crippen molar-refractivity contribution in [3.63, 3.8) is 0 Å². The molecule has 0 bridgehead atoms. The van der Waals surface area contributed by atoms with Gasteiger partial charge in [-0.05, 0) is 44.2 Å². The number of amides is 1. The second kappa shape index (κ2) is 7.61. The van der Waals surface area contributed by atoms with Crippen molar-refractivity contribution >= 4 is 17.4 Å². The van der Waals surface area contributed by atoms with E-state index < -0.39 is 0 Å². The van der Waals surface area contributed by atoms with Gasteiger partial charge in [-0.2, -0.15) is 0 Å². The van der Waals surface area contributed by atoms with Gasteiger partial charge in [0.2, 0.25) is 0 Å². The van der Waals surface area contributed by atoms with Crippen molar-refractivity contribution in [2.45, 2.75) is 19.9 Å². The van der Waals surface area contributed by atoms with Crippen LogP contribution in [0, 0.1) is 5.82 Å². The number of hydrogen-bond acceptors (Lipinski definition) is 4. The van der Waals surface area contributed by atoms with Crippen molar-refractivity contribution in [3.8, 4) is 0 Å². The molecule has 1 fully saturated rings. The molecule has 0 spiro atoms. The highest BCUT2D eigenvalue weighted by molar-refractivity contribution is 5.99. The lowest BCUT2D eigenvalue weighted by molar-refractivity contribution is 0.0596. The lowest BCUT2D eigenvalue weighted by atomic mass is 10.2. The summed E-state index contributed by atoms with van der Waals surface area (Å²) in [7, 11) is 0. The SMILES string of the molecule is CC(C)N1CCN(C(=O)c2cccnc2Nc2cccc(F)c2)CC1. The number of carbonyl (C=O) groups is 1. The van der Waals surface area contributed by atoms with Gasteiger partial charge in [-0.25, -0.2) is 9.37 Å². The molecule has 1 aromatic carbocycles. The van der Waals surface area contributed by atoms with Gasteiger partial charge in [0.15, 0.2) is 0 Å². The van der Waals surface area contributed by atoms with E-state index in [2.05, 4.69) is 29.0 Å². The highest BCUT2D eigenvalue weighted by Gasteiger charge is 2.25. The zero-order valence-electron chi connectivity index (χ0n) is 14.6. The third-order valence-corrected chi connectivity index (χ3v) is 4.46. The summed E-state index contributed by atoms with van der Waals surface area (Å²) >= 11 is 0. The second-order valence-electron chi connectivity index (χ2n) is 6.46. The fourth-order valence-electron chi connectivity index (χ4n) is 2.99. The fourth-order valence-corrected chi connectivity index (χ4v) is 2.99. The van der Waals surface area contributed by atoms with E-state index in [1.807, 2.05) is 4.90 Å². The first-order chi connectivity index (χ1) is 12.0. The Labute approximate surface area is 147 Å². The first kappa shape index (κ1) is 17.4. The second-order valence-corrected chi connectivity index (χ2v) is 6.46. The average Bonchev–Trinajstić information content (AvgIpc) is 2.62. The number of rotatable bonds is 4. The Bertz CT molecular complexity index is 742. The highest BCUT2D eigenvalue weighted by atomic mass is 19.1. The average molecular weight is 342 g/mol. The van der Waals surface area contributed by atoms with Gasteiger partial charge in [-0.1, -0.05) is 6.07 Å². The van der Waals surface area contributed by atoms with Crippen LogP contribution in [-0.4, -0.2) is 52.9 Å². The fraction of sp³-hybridized carbons (Fsp3) is 0.368. The van der Waals surface area contributed by atoms with Crippen molar-refractivity contribution in [3.05, 3.63) is 54.0 Å². The van der Waals surface area contributed by atoms with Gasteiger partial charge in [0.1, 0.15) is 11.6 Å². The lowest BCUT2D eigenvalue weighted by Gasteiger charge is -2.37. The van der Waals surface area contributed by atoms with Crippen LogP contribution in [0.2, 0.25) is 0 Å². The van der Waals surface area contributed by atoms with Crippen LogP contribution >= 0.6 is 0 Å². The minimum absolute atomic E-state index is 0.0459. The van der Waals surface area contributed by atoms with E-state index in [0.29, 0.717) is 36.2 Å². The monoisotopic (exact) mass is 342 g/mol. The Kier molecular flexibility index (Phi) is 5.28. The maximum Gasteiger partial charge on any atom is 0.257 e. The van der Waals surface area contributed by atoms with Gasteiger partial charge in [-0.3, -0.25) is 9.69 Å². The van der Waals surface area contributed by atoms with Crippen molar-refractivity contribution in [2.24, 2.45) is 0 Å². The maximum absolute atomic E-state index is 13.4. The molecule has 2 heterocycles. The number of nitrogens with one attached hydrogen (secondary N) is 1. The van der Waals surface area contributed by atoms with Gasteiger partial charge in [-0.15, -0.1) is 0 Å². The molecule has 1 saturated heterocycles. The third kappa shape index (κ3) is 4.14. The molecule has 0 radical (unpaired) electrons. The summed E-state index contributed by atoms with van der Waals surface area (Å²) in [4.78, 5) is 21.4. The summed E-state index contributed by atoms with van der Waals surface area (Å²) in [6.45, 7) is 7.47. The molecule has 1 aliphatic rings. The molecule has 6 heteroatoms. The van der Waals surface area contributed by atoms with E-state index >= 15 is 0 Å². The molecule has 1 N–H and O–H groups in total. The van der Waals surface area contributed by atoms with Crippen LogP contribution in [0.25, 0.3) is 0 Å². The van der Waals surface area contributed by atoms with E-state index in [1.165, 1.54) is 12.1 Å². The number of benzene rings is 1. The molecule has 0 atom stereocenters. The Morgan fingerprint density at radius 1 is 1.16 bits per heavy atom. The van der Waals surface area contributed by atoms with Crippen LogP contribution in [0.15, 0.2) is 42.6 Å². The topological polar surface area (TPSA) is 48.5 Å². The van der Waals surface area contributed by atoms with E-state index in [9.17, 15) is 9.18 Å². The summed E-state index contributed by atoms with van der Waals surface area (Å²) in [6, 6.07) is 10.1. The molecule has 0 aliphatic carbocycles. The molecule has 2 aromatic rings. The molecule has 1 aromatic heterocycles. The molecule has 5 nitrogen and oxygen atoms in total. The molecule has 1 aliphatic heterocycles. The number of piperazine rings is 1. The predicted octanol–water partition coefficient (Wildman–Crippen LogP) is 3.13. The standard InChI is InChI=1S/C19H23FN4O/c1-14(2)23-9-11-24(12-10-23)19(25)17-7-4-8-21-18(17)22-16-6-3-5-15(20)13-16/h3-8,13-14H,9-12H2,1-2H3,(H,21,22).